The molecule has 0 saturated carbocycles. The lowest BCUT2D eigenvalue weighted by molar-refractivity contribution is -0.469. The van der Waals surface area contributed by atoms with Crippen molar-refractivity contribution in [3.8, 4) is 0 Å². The van der Waals surface area contributed by atoms with Crippen LogP contribution in [0.3, 0.4) is 0 Å². The Balaban J connectivity index is 4.54. The van der Waals surface area contributed by atoms with E-state index < -0.39 is 10.1 Å². The van der Waals surface area contributed by atoms with Crippen molar-refractivity contribution in [2.45, 2.75) is 33.6 Å². The molecule has 0 heterocycles. The van der Waals surface area contributed by atoms with E-state index in [-0.39, 0.29) is 5.75 Å². The number of allylic oxidation sites excluding steroid dienone is 1. The third-order valence-electron chi connectivity index (χ3n) is 3.12. The SMILES string of the molecule is C=CC(=C)[N+](=CC(C)C(C)C)CCCCS(=O)(=O)O. The van der Waals surface area contributed by atoms with E-state index in [2.05, 4.69) is 40.1 Å². The highest BCUT2D eigenvalue weighted by molar-refractivity contribution is 7.85. The topological polar surface area (TPSA) is 57.4 Å². The summed E-state index contributed by atoms with van der Waals surface area (Å²) >= 11 is 0. The lowest BCUT2D eigenvalue weighted by Gasteiger charge is -2.10. The molecule has 0 aliphatic heterocycles. The zero-order chi connectivity index (χ0) is 15.1. The maximum absolute atomic E-state index is 10.6. The number of hydrogen-bond donors (Lipinski definition) is 1. The van der Waals surface area contributed by atoms with Crippen LogP contribution in [0.1, 0.15) is 33.6 Å². The van der Waals surface area contributed by atoms with Gasteiger partial charge in [0.15, 0.2) is 5.70 Å². The monoisotopic (exact) mass is 288 g/mol. The van der Waals surface area contributed by atoms with E-state index in [1.165, 1.54) is 0 Å². The van der Waals surface area contributed by atoms with Gasteiger partial charge in [-0.15, -0.1) is 0 Å². The van der Waals surface area contributed by atoms with E-state index in [4.69, 9.17) is 4.55 Å². The van der Waals surface area contributed by atoms with Crippen LogP contribution in [0.5, 0.6) is 0 Å². The van der Waals surface area contributed by atoms with Gasteiger partial charge >= 0.3 is 0 Å². The van der Waals surface area contributed by atoms with E-state index >= 15 is 0 Å². The van der Waals surface area contributed by atoms with Crippen LogP contribution in [-0.4, -0.2) is 36.1 Å². The van der Waals surface area contributed by atoms with Gasteiger partial charge in [-0.05, 0) is 18.9 Å². The van der Waals surface area contributed by atoms with Crippen LogP contribution in [0.25, 0.3) is 0 Å². The summed E-state index contributed by atoms with van der Waals surface area (Å²) in [7, 11) is -3.86. The third-order valence-corrected chi connectivity index (χ3v) is 3.93. The smallest absolute Gasteiger partial charge is 0.264 e. The van der Waals surface area contributed by atoms with Crippen LogP contribution in [0, 0.1) is 11.8 Å². The molecule has 1 N–H and O–H groups in total. The average Bonchev–Trinajstić information content (AvgIpc) is 2.30. The minimum absolute atomic E-state index is 0.193. The standard InChI is InChI=1S/C14H25NO3S/c1-6-14(5)15(11-13(4)12(2)3)9-7-8-10-19(16,17)18/h6,11-13H,1,5,7-10H2,2-4H3/p+1. The highest BCUT2D eigenvalue weighted by Gasteiger charge is 2.14. The largest absolute Gasteiger partial charge is 0.286 e. The van der Waals surface area contributed by atoms with Gasteiger partial charge in [0, 0.05) is 18.4 Å². The predicted molar refractivity (Wildman–Crippen MR) is 80.2 cm³/mol. The zero-order valence-corrected chi connectivity index (χ0v) is 13.0. The molecule has 0 aromatic rings. The Hall–Kier alpha value is -0.940. The second kappa shape index (κ2) is 8.27. The molecule has 4 nitrogen and oxygen atoms in total. The van der Waals surface area contributed by atoms with E-state index in [1.807, 2.05) is 4.58 Å². The molecule has 0 fully saturated rings. The van der Waals surface area contributed by atoms with Gasteiger partial charge < -0.3 is 0 Å². The zero-order valence-electron chi connectivity index (χ0n) is 12.2. The molecule has 0 amide bonds. The van der Waals surface area contributed by atoms with Gasteiger partial charge in [0.1, 0.15) is 12.8 Å². The van der Waals surface area contributed by atoms with E-state index in [9.17, 15) is 8.42 Å². The Bertz CT molecular complexity index is 436. The van der Waals surface area contributed by atoms with Gasteiger partial charge in [-0.3, -0.25) is 4.55 Å². The number of rotatable bonds is 9. The highest BCUT2D eigenvalue weighted by atomic mass is 32.2. The molecule has 110 valence electrons. The summed E-state index contributed by atoms with van der Waals surface area (Å²) in [4.78, 5) is 0. The fourth-order valence-electron chi connectivity index (χ4n) is 1.45. The summed E-state index contributed by atoms with van der Waals surface area (Å²) in [5.41, 5.74) is 0.805. The molecule has 19 heavy (non-hydrogen) atoms. The summed E-state index contributed by atoms with van der Waals surface area (Å²) in [6, 6.07) is 0. The normalized spacial score (nSPS) is 14.5. The third kappa shape index (κ3) is 8.72. The Labute approximate surface area is 117 Å². The van der Waals surface area contributed by atoms with Crippen molar-refractivity contribution in [1.29, 1.82) is 0 Å². The molecule has 0 aromatic heterocycles. The quantitative estimate of drug-likeness (QED) is 0.233. The van der Waals surface area contributed by atoms with Crippen molar-refractivity contribution in [2.75, 3.05) is 12.3 Å². The highest BCUT2D eigenvalue weighted by Crippen LogP contribution is 2.08. The predicted octanol–water partition coefficient (Wildman–Crippen LogP) is 2.73. The lowest BCUT2D eigenvalue weighted by atomic mass is 9.99. The minimum Gasteiger partial charge on any atom is -0.286 e. The van der Waals surface area contributed by atoms with E-state index in [0.29, 0.717) is 31.2 Å². The molecule has 0 bridgehead atoms. The van der Waals surface area contributed by atoms with Crippen molar-refractivity contribution in [2.24, 2.45) is 11.8 Å². The molecular weight excluding hydrogens is 262 g/mol. The van der Waals surface area contributed by atoms with Crippen LogP contribution < -0.4 is 0 Å². The van der Waals surface area contributed by atoms with Crippen LogP contribution >= 0.6 is 0 Å². The fraction of sp³-hybridized carbons (Fsp3) is 0.643. The maximum atomic E-state index is 10.6. The van der Waals surface area contributed by atoms with Crippen LogP contribution in [0.2, 0.25) is 0 Å². The molecule has 0 radical (unpaired) electrons. The molecule has 0 aliphatic carbocycles. The van der Waals surface area contributed by atoms with Gasteiger partial charge in [0.05, 0.1) is 5.75 Å². The minimum atomic E-state index is -3.86. The summed E-state index contributed by atoms with van der Waals surface area (Å²) in [6.45, 7) is 14.7. The molecule has 0 saturated heterocycles. The summed E-state index contributed by atoms with van der Waals surface area (Å²) < 4.78 is 31.9. The Morgan fingerprint density at radius 1 is 1.32 bits per heavy atom. The summed E-state index contributed by atoms with van der Waals surface area (Å²) in [5.74, 6) is 0.734. The van der Waals surface area contributed by atoms with E-state index in [0.717, 1.165) is 5.70 Å². The van der Waals surface area contributed by atoms with Crippen molar-refractivity contribution in [3.05, 3.63) is 24.9 Å². The van der Waals surface area contributed by atoms with Gasteiger partial charge in [0.25, 0.3) is 10.1 Å². The second-order valence-corrected chi connectivity index (χ2v) is 6.71. The van der Waals surface area contributed by atoms with Crippen LogP contribution in [0.15, 0.2) is 24.9 Å². The average molecular weight is 288 g/mol. The number of hydrogen-bond acceptors (Lipinski definition) is 2. The Morgan fingerprint density at radius 2 is 1.89 bits per heavy atom. The van der Waals surface area contributed by atoms with Crippen molar-refractivity contribution < 1.29 is 17.5 Å². The van der Waals surface area contributed by atoms with Crippen LogP contribution in [-0.2, 0) is 10.1 Å². The van der Waals surface area contributed by atoms with Gasteiger partial charge in [-0.1, -0.05) is 27.4 Å². The van der Waals surface area contributed by atoms with Gasteiger partial charge in [0.2, 0.25) is 0 Å². The summed E-state index contributed by atoms with van der Waals surface area (Å²) in [5, 5.41) is 0. The molecule has 1 unspecified atom stereocenters. The van der Waals surface area contributed by atoms with Crippen molar-refractivity contribution in [1.82, 2.24) is 0 Å². The van der Waals surface area contributed by atoms with Gasteiger partial charge in [-0.25, -0.2) is 4.58 Å². The van der Waals surface area contributed by atoms with Crippen molar-refractivity contribution >= 4 is 16.3 Å². The second-order valence-electron chi connectivity index (χ2n) is 5.13. The van der Waals surface area contributed by atoms with Crippen molar-refractivity contribution in [3.63, 3.8) is 0 Å². The molecule has 0 spiro atoms. The first-order valence-electron chi connectivity index (χ1n) is 6.55. The molecule has 1 atom stereocenters. The van der Waals surface area contributed by atoms with Gasteiger partial charge in [-0.2, -0.15) is 8.42 Å². The first kappa shape index (κ1) is 18.1. The molecule has 5 heteroatoms. The Kier molecular flexibility index (Phi) is 7.87. The maximum Gasteiger partial charge on any atom is 0.264 e. The molecule has 0 rings (SSSR count). The summed E-state index contributed by atoms with van der Waals surface area (Å²) in [6.07, 6.45) is 4.89. The number of nitrogens with zero attached hydrogens (tertiary/aromatic N) is 1. The molecule has 0 aliphatic rings. The first-order valence-corrected chi connectivity index (χ1v) is 8.16. The fourth-order valence-corrected chi connectivity index (χ4v) is 2.02. The molecular formula is C14H26NO3S+. The first-order chi connectivity index (χ1) is 8.67. The Morgan fingerprint density at radius 3 is 2.32 bits per heavy atom. The number of unbranched alkanes of at least 4 members (excludes halogenated alkanes) is 1. The van der Waals surface area contributed by atoms with E-state index in [1.54, 1.807) is 6.08 Å². The van der Waals surface area contributed by atoms with Crippen LogP contribution in [0.4, 0.5) is 0 Å². The lowest BCUT2D eigenvalue weighted by Crippen LogP contribution is -2.19. The molecule has 0 aromatic carbocycles.